The molecule has 44 heavy (non-hydrogen) atoms. The zero-order valence-corrected chi connectivity index (χ0v) is 24.6. The smallest absolute Gasteiger partial charge is 0.135 e. The predicted molar refractivity (Wildman–Crippen MR) is 184 cm³/mol. The number of fused-ring (bicyclic) bond motifs is 9. The topological polar surface area (TPSA) is 13.1 Å². The van der Waals surface area contributed by atoms with Gasteiger partial charge in [-0.3, -0.25) is 0 Å². The van der Waals surface area contributed by atoms with Crippen molar-refractivity contribution < 1.29 is 4.42 Å². The van der Waals surface area contributed by atoms with E-state index in [2.05, 4.69) is 147 Å². The standard InChI is InChI=1S/C43H28O/c1-43(2)37-14-4-3-10-33(37)42-29(11-7-15-38(42)43)28-18-21-40-36(24-28)35-23-27(17-20-39(35)44-40)26-16-19-30-31-12-5-8-25-9-6-13-32(41(25)31)34(30)22-26/h3-24H,1-2H3. The molecule has 10 rings (SSSR count). The fraction of sp³-hybridized carbons (Fsp3) is 0.0698. The molecule has 2 aliphatic rings. The molecule has 0 amide bonds. The molecule has 206 valence electrons. The van der Waals surface area contributed by atoms with Crippen LogP contribution in [0.15, 0.2) is 138 Å². The van der Waals surface area contributed by atoms with E-state index in [9.17, 15) is 0 Å². The molecular formula is C43H28O. The summed E-state index contributed by atoms with van der Waals surface area (Å²) in [7, 11) is 0. The Balaban J connectivity index is 1.13. The second-order valence-electron chi connectivity index (χ2n) is 12.9. The van der Waals surface area contributed by atoms with E-state index in [1.165, 1.54) is 77.5 Å². The maximum Gasteiger partial charge on any atom is 0.135 e. The van der Waals surface area contributed by atoms with Crippen molar-refractivity contribution in [3.05, 3.63) is 145 Å². The van der Waals surface area contributed by atoms with E-state index in [0.717, 1.165) is 21.9 Å². The molecule has 0 spiro atoms. The van der Waals surface area contributed by atoms with Crippen LogP contribution in [0.5, 0.6) is 0 Å². The minimum atomic E-state index is -0.0218. The Kier molecular flexibility index (Phi) is 4.58. The van der Waals surface area contributed by atoms with Crippen LogP contribution in [-0.2, 0) is 5.41 Å². The number of furan rings is 1. The minimum Gasteiger partial charge on any atom is -0.456 e. The van der Waals surface area contributed by atoms with Crippen LogP contribution in [0.4, 0.5) is 0 Å². The van der Waals surface area contributed by atoms with Crippen molar-refractivity contribution in [2.24, 2.45) is 0 Å². The van der Waals surface area contributed by atoms with Crippen LogP contribution in [0.1, 0.15) is 25.0 Å². The van der Waals surface area contributed by atoms with Gasteiger partial charge in [-0.15, -0.1) is 0 Å². The van der Waals surface area contributed by atoms with Crippen molar-refractivity contribution in [1.29, 1.82) is 0 Å². The molecule has 1 aromatic heterocycles. The van der Waals surface area contributed by atoms with Crippen molar-refractivity contribution in [2.75, 3.05) is 0 Å². The van der Waals surface area contributed by atoms with Gasteiger partial charge in [0.25, 0.3) is 0 Å². The highest BCUT2D eigenvalue weighted by Crippen LogP contribution is 2.52. The van der Waals surface area contributed by atoms with Crippen molar-refractivity contribution in [2.45, 2.75) is 19.3 Å². The van der Waals surface area contributed by atoms with Gasteiger partial charge in [-0.1, -0.05) is 117 Å². The summed E-state index contributed by atoms with van der Waals surface area (Å²) >= 11 is 0. The van der Waals surface area contributed by atoms with Crippen LogP contribution in [0, 0.1) is 0 Å². The van der Waals surface area contributed by atoms with Gasteiger partial charge < -0.3 is 4.42 Å². The fourth-order valence-electron chi connectivity index (χ4n) is 8.09. The molecule has 1 heteroatoms. The summed E-state index contributed by atoms with van der Waals surface area (Å²) in [5, 5.41) is 4.97. The monoisotopic (exact) mass is 560 g/mol. The first-order chi connectivity index (χ1) is 21.6. The molecule has 0 radical (unpaired) electrons. The zero-order chi connectivity index (χ0) is 29.2. The highest BCUT2D eigenvalue weighted by atomic mass is 16.3. The number of hydrogen-bond acceptors (Lipinski definition) is 1. The molecule has 0 saturated heterocycles. The number of rotatable bonds is 2. The minimum absolute atomic E-state index is 0.0218. The number of benzene rings is 7. The van der Waals surface area contributed by atoms with Gasteiger partial charge in [-0.2, -0.15) is 0 Å². The van der Waals surface area contributed by atoms with E-state index in [4.69, 9.17) is 4.42 Å². The van der Waals surface area contributed by atoms with Crippen molar-refractivity contribution in [3.8, 4) is 55.6 Å². The van der Waals surface area contributed by atoms with Gasteiger partial charge in [-0.05, 0) is 108 Å². The van der Waals surface area contributed by atoms with Gasteiger partial charge in [0.1, 0.15) is 11.2 Å². The second kappa shape index (κ2) is 8.36. The average Bonchev–Trinajstić information content (AvgIpc) is 3.67. The first-order valence-electron chi connectivity index (χ1n) is 15.4. The maximum absolute atomic E-state index is 6.37. The molecule has 8 aromatic rings. The van der Waals surface area contributed by atoms with Crippen LogP contribution >= 0.6 is 0 Å². The third-order valence-electron chi connectivity index (χ3n) is 10.2. The summed E-state index contributed by atoms with van der Waals surface area (Å²) in [6, 6.07) is 49.2. The lowest BCUT2D eigenvalue weighted by Gasteiger charge is -2.21. The van der Waals surface area contributed by atoms with Crippen molar-refractivity contribution >= 4 is 32.7 Å². The Bertz CT molecular complexity index is 2520. The Morgan fingerprint density at radius 3 is 1.84 bits per heavy atom. The molecule has 0 bridgehead atoms. The lowest BCUT2D eigenvalue weighted by atomic mass is 9.82. The van der Waals surface area contributed by atoms with E-state index in [-0.39, 0.29) is 5.41 Å². The number of hydrogen-bond donors (Lipinski definition) is 0. The lowest BCUT2D eigenvalue weighted by Crippen LogP contribution is -2.14. The van der Waals surface area contributed by atoms with Crippen LogP contribution in [0.3, 0.4) is 0 Å². The summed E-state index contributed by atoms with van der Waals surface area (Å²) in [4.78, 5) is 0. The summed E-state index contributed by atoms with van der Waals surface area (Å²) in [5.41, 5.74) is 17.5. The predicted octanol–water partition coefficient (Wildman–Crippen LogP) is 12.0. The molecule has 0 N–H and O–H groups in total. The molecule has 0 aliphatic heterocycles. The third kappa shape index (κ3) is 3.09. The van der Waals surface area contributed by atoms with E-state index < -0.39 is 0 Å². The Morgan fingerprint density at radius 1 is 0.432 bits per heavy atom. The molecule has 0 unspecified atom stereocenters. The van der Waals surface area contributed by atoms with Crippen molar-refractivity contribution in [1.82, 2.24) is 0 Å². The molecule has 7 aromatic carbocycles. The summed E-state index contributed by atoms with van der Waals surface area (Å²) in [5.74, 6) is 0. The molecule has 0 atom stereocenters. The van der Waals surface area contributed by atoms with Gasteiger partial charge in [0.05, 0.1) is 0 Å². The first-order valence-corrected chi connectivity index (χ1v) is 15.4. The Hall–Kier alpha value is -5.40. The van der Waals surface area contributed by atoms with E-state index >= 15 is 0 Å². The largest absolute Gasteiger partial charge is 0.456 e. The molecule has 1 heterocycles. The molecule has 1 nitrogen and oxygen atoms in total. The van der Waals surface area contributed by atoms with Gasteiger partial charge in [0, 0.05) is 16.2 Å². The van der Waals surface area contributed by atoms with Crippen molar-refractivity contribution in [3.63, 3.8) is 0 Å². The summed E-state index contributed by atoms with van der Waals surface area (Å²) in [6.45, 7) is 4.68. The maximum atomic E-state index is 6.37. The quantitative estimate of drug-likeness (QED) is 0.205. The molecular weight excluding hydrogens is 532 g/mol. The Labute approximate surface area is 256 Å². The SMILES string of the molecule is CC1(C)c2ccccc2-c2c(-c3ccc4oc5ccc(-c6ccc7c(c6)-c6cccc8cccc-7c68)cc5c4c3)cccc21. The third-order valence-corrected chi connectivity index (χ3v) is 10.2. The highest BCUT2D eigenvalue weighted by molar-refractivity contribution is 6.16. The van der Waals surface area contributed by atoms with Crippen LogP contribution in [0.25, 0.3) is 88.3 Å². The lowest BCUT2D eigenvalue weighted by molar-refractivity contribution is 0.660. The summed E-state index contributed by atoms with van der Waals surface area (Å²) < 4.78 is 6.37. The normalized spacial score (nSPS) is 13.9. The average molecular weight is 561 g/mol. The fourth-order valence-corrected chi connectivity index (χ4v) is 8.09. The van der Waals surface area contributed by atoms with E-state index in [0.29, 0.717) is 0 Å². The molecule has 2 aliphatic carbocycles. The molecule has 0 fully saturated rings. The highest BCUT2D eigenvalue weighted by Gasteiger charge is 2.36. The van der Waals surface area contributed by atoms with Gasteiger partial charge in [-0.25, -0.2) is 0 Å². The van der Waals surface area contributed by atoms with Crippen LogP contribution in [-0.4, -0.2) is 0 Å². The summed E-state index contributed by atoms with van der Waals surface area (Å²) in [6.07, 6.45) is 0. The van der Waals surface area contributed by atoms with Gasteiger partial charge in [0.2, 0.25) is 0 Å². The Morgan fingerprint density at radius 2 is 1.02 bits per heavy atom. The van der Waals surface area contributed by atoms with Crippen LogP contribution in [0.2, 0.25) is 0 Å². The molecule has 0 saturated carbocycles. The second-order valence-corrected chi connectivity index (χ2v) is 12.9. The first kappa shape index (κ1) is 24.1. The van der Waals surface area contributed by atoms with Gasteiger partial charge >= 0.3 is 0 Å². The van der Waals surface area contributed by atoms with Gasteiger partial charge in [0.15, 0.2) is 0 Å². The van der Waals surface area contributed by atoms with E-state index in [1.807, 2.05) is 0 Å². The van der Waals surface area contributed by atoms with Crippen LogP contribution < -0.4 is 0 Å². The van der Waals surface area contributed by atoms with E-state index in [1.54, 1.807) is 0 Å². The zero-order valence-electron chi connectivity index (χ0n) is 24.6.